The van der Waals surface area contributed by atoms with E-state index in [1.54, 1.807) is 11.1 Å². The first-order valence-corrected chi connectivity index (χ1v) is 26.2. The van der Waals surface area contributed by atoms with Crippen molar-refractivity contribution in [3.05, 3.63) is 147 Å². The summed E-state index contributed by atoms with van der Waals surface area (Å²) in [5.41, 5.74) is 15.8. The van der Waals surface area contributed by atoms with Crippen LogP contribution < -0.4 is 4.90 Å². The number of allylic oxidation sites excluding steroid dienone is 18. The minimum absolute atomic E-state index is 0.0339. The van der Waals surface area contributed by atoms with E-state index >= 15 is 0 Å². The fourth-order valence-electron chi connectivity index (χ4n) is 15.3. The number of nitrogens with zero attached hydrogens (tertiary/aromatic N) is 1. The SMILES string of the molecule is C#CC1=C(/C=C\C)C(C)(C)C2=CC(c3ccc(N(C4=CCC(C)(C5C=CC(C6=CCCC=C6)CC5)C=C4)C4CCC(C5CC/C5=C5/CC6CCCCC6C5(C)C)=CC4C)cc3)CCC21. The molecule has 0 spiro atoms. The van der Waals surface area contributed by atoms with Crippen molar-refractivity contribution in [3.63, 3.8) is 0 Å². The fraction of sp³-hybridized carbons (Fsp3) is 0.556. The zero-order chi connectivity index (χ0) is 44.4. The molecule has 3 fully saturated rings. The van der Waals surface area contributed by atoms with Crippen molar-refractivity contribution >= 4 is 5.69 Å². The number of rotatable bonds is 8. The van der Waals surface area contributed by atoms with Crippen molar-refractivity contribution in [2.45, 2.75) is 163 Å². The molecule has 9 aliphatic carbocycles. The second kappa shape index (κ2) is 17.3. The Morgan fingerprint density at radius 1 is 0.797 bits per heavy atom. The second-order valence-corrected chi connectivity index (χ2v) is 23.3. The summed E-state index contributed by atoms with van der Waals surface area (Å²) >= 11 is 0. The van der Waals surface area contributed by atoms with Gasteiger partial charge in [0.05, 0.1) is 0 Å². The Bertz CT molecular complexity index is 2340. The van der Waals surface area contributed by atoms with Crippen LogP contribution in [0.4, 0.5) is 5.69 Å². The fourth-order valence-corrected chi connectivity index (χ4v) is 15.3. The molecule has 64 heavy (non-hydrogen) atoms. The van der Waals surface area contributed by atoms with Crippen LogP contribution in [0.1, 0.15) is 163 Å². The summed E-state index contributed by atoms with van der Waals surface area (Å²) in [6.07, 6.45) is 56.7. The topological polar surface area (TPSA) is 3.24 Å². The molecule has 0 aliphatic heterocycles. The van der Waals surface area contributed by atoms with Crippen LogP contribution in [0.25, 0.3) is 0 Å². The molecular weight excluding hydrogens is 771 g/mol. The van der Waals surface area contributed by atoms with Crippen molar-refractivity contribution in [2.24, 2.45) is 57.7 Å². The maximum Gasteiger partial charge on any atom is 0.0413 e. The van der Waals surface area contributed by atoms with Gasteiger partial charge in [0.15, 0.2) is 0 Å². The first-order valence-electron chi connectivity index (χ1n) is 26.2. The first kappa shape index (κ1) is 43.9. The maximum atomic E-state index is 6.19. The Morgan fingerprint density at radius 3 is 2.27 bits per heavy atom. The van der Waals surface area contributed by atoms with E-state index in [0.717, 1.165) is 31.1 Å². The zero-order valence-corrected chi connectivity index (χ0v) is 40.8. The lowest BCUT2D eigenvalue weighted by Crippen LogP contribution is -2.42. The van der Waals surface area contributed by atoms with Gasteiger partial charge < -0.3 is 4.90 Å². The maximum absolute atomic E-state index is 6.19. The molecule has 336 valence electrons. The predicted molar refractivity (Wildman–Crippen MR) is 273 cm³/mol. The average Bonchev–Trinajstić information content (AvgIpc) is 3.68. The number of hydrogen-bond acceptors (Lipinski definition) is 1. The van der Waals surface area contributed by atoms with Crippen molar-refractivity contribution in [2.75, 3.05) is 4.90 Å². The number of terminal acetylenes is 1. The molecule has 1 aromatic rings. The summed E-state index contributed by atoms with van der Waals surface area (Å²) in [4.78, 5) is 2.78. The quantitative estimate of drug-likeness (QED) is 0.186. The molecule has 1 aromatic carbocycles. The van der Waals surface area contributed by atoms with Gasteiger partial charge in [-0.05, 0) is 166 Å². The van der Waals surface area contributed by atoms with E-state index in [9.17, 15) is 0 Å². The highest BCUT2D eigenvalue weighted by molar-refractivity contribution is 5.60. The standard InChI is InChI=1S/C63H79N/c1-9-16-57-52(10-2)54-31-25-46(40-58(54)62(57,6)7)45-23-29-50(30-24-45)64(51-35-37-63(8,38-36-51)49-27-21-44(22-28-49)43-17-12-11-13-18-43)60-34-26-47(39-42(60)3)53-32-33-55(53)59-41-48-19-14-15-20-56(48)61(59,4)5/h2,9,12,16-18,21,23-24,27,29-30,35-37,39-40,42,44,46,48-49,53-54,56,60H,11,13-15,19-20,22,25-26,28,31-34,38,41H2,1,3-8H3/b16-9-,59-55+. The van der Waals surface area contributed by atoms with Gasteiger partial charge in [0, 0.05) is 52.1 Å². The Hall–Kier alpha value is -4.02. The molecule has 0 N–H and O–H groups in total. The Morgan fingerprint density at radius 2 is 1.61 bits per heavy atom. The minimum Gasteiger partial charge on any atom is -0.338 e. The summed E-state index contributed by atoms with van der Waals surface area (Å²) in [5, 5.41) is 0. The summed E-state index contributed by atoms with van der Waals surface area (Å²) in [5.74, 6) is 8.12. The molecule has 0 aromatic heterocycles. The predicted octanol–water partition coefficient (Wildman–Crippen LogP) is 16.8. The van der Waals surface area contributed by atoms with Crippen molar-refractivity contribution in [1.29, 1.82) is 0 Å². The highest BCUT2D eigenvalue weighted by Crippen LogP contribution is 2.61. The van der Waals surface area contributed by atoms with Gasteiger partial charge in [-0.15, -0.1) is 6.42 Å². The zero-order valence-electron chi connectivity index (χ0n) is 40.8. The van der Waals surface area contributed by atoms with Crippen LogP contribution in [0, 0.1) is 70.0 Å². The lowest BCUT2D eigenvalue weighted by atomic mass is 9.64. The summed E-state index contributed by atoms with van der Waals surface area (Å²) in [6, 6.07) is 10.3. The number of fused-ring (bicyclic) bond motifs is 2. The van der Waals surface area contributed by atoms with Crippen LogP contribution in [-0.4, -0.2) is 6.04 Å². The molecule has 0 heterocycles. The summed E-state index contributed by atoms with van der Waals surface area (Å²) in [6.45, 7) is 17.2. The molecule has 0 radical (unpaired) electrons. The highest BCUT2D eigenvalue weighted by atomic mass is 15.2. The van der Waals surface area contributed by atoms with Crippen molar-refractivity contribution in [1.82, 2.24) is 0 Å². The van der Waals surface area contributed by atoms with E-state index in [1.165, 1.54) is 117 Å². The highest BCUT2D eigenvalue weighted by Gasteiger charge is 2.49. The van der Waals surface area contributed by atoms with Crippen molar-refractivity contribution < 1.29 is 0 Å². The third kappa shape index (κ3) is 7.64. The van der Waals surface area contributed by atoms with E-state index in [2.05, 4.69) is 156 Å². The summed E-state index contributed by atoms with van der Waals surface area (Å²) < 4.78 is 0. The van der Waals surface area contributed by atoms with Crippen molar-refractivity contribution in [3.8, 4) is 12.3 Å². The van der Waals surface area contributed by atoms with E-state index in [4.69, 9.17) is 6.42 Å². The van der Waals surface area contributed by atoms with E-state index < -0.39 is 0 Å². The molecule has 1 heteroatoms. The van der Waals surface area contributed by atoms with Gasteiger partial charge in [0.25, 0.3) is 0 Å². The van der Waals surface area contributed by atoms with E-state index in [0.29, 0.717) is 47.0 Å². The Labute approximate surface area is 389 Å². The van der Waals surface area contributed by atoms with Crippen LogP contribution in [0.5, 0.6) is 0 Å². The Balaban J connectivity index is 0.923. The molecule has 10 unspecified atom stereocenters. The molecule has 3 saturated carbocycles. The lowest BCUT2D eigenvalue weighted by molar-refractivity contribution is 0.177. The summed E-state index contributed by atoms with van der Waals surface area (Å²) in [7, 11) is 0. The van der Waals surface area contributed by atoms with Gasteiger partial charge >= 0.3 is 0 Å². The monoisotopic (exact) mass is 850 g/mol. The first-order chi connectivity index (χ1) is 30.9. The molecule has 9 aliphatic rings. The molecule has 0 amide bonds. The van der Waals surface area contributed by atoms with E-state index in [-0.39, 0.29) is 10.8 Å². The van der Waals surface area contributed by atoms with Gasteiger partial charge in [-0.3, -0.25) is 0 Å². The van der Waals surface area contributed by atoms with Gasteiger partial charge in [-0.2, -0.15) is 0 Å². The number of benzene rings is 1. The molecule has 0 bridgehead atoms. The normalized spacial score (nSPS) is 37.6. The third-order valence-electron chi connectivity index (χ3n) is 19.2. The number of anilines is 1. The van der Waals surface area contributed by atoms with E-state index in [1.807, 2.05) is 11.1 Å². The second-order valence-electron chi connectivity index (χ2n) is 23.3. The Kier molecular flexibility index (Phi) is 11.9. The minimum atomic E-state index is -0.0339. The van der Waals surface area contributed by atoms with Crippen LogP contribution in [0.3, 0.4) is 0 Å². The van der Waals surface area contributed by atoms with Crippen LogP contribution >= 0.6 is 0 Å². The van der Waals surface area contributed by atoms with Crippen LogP contribution in [-0.2, 0) is 0 Å². The van der Waals surface area contributed by atoms with Gasteiger partial charge in [-0.1, -0.05) is 162 Å². The number of hydrogen-bond donors (Lipinski definition) is 0. The lowest BCUT2D eigenvalue weighted by Gasteiger charge is -2.45. The largest absolute Gasteiger partial charge is 0.338 e. The molecule has 10 atom stereocenters. The third-order valence-corrected chi connectivity index (χ3v) is 19.2. The molecule has 0 saturated heterocycles. The average molecular weight is 850 g/mol. The van der Waals surface area contributed by atoms with Crippen LogP contribution in [0.2, 0.25) is 0 Å². The van der Waals surface area contributed by atoms with Crippen LogP contribution in [0.15, 0.2) is 142 Å². The molecule has 10 rings (SSSR count). The molecular formula is C63H79N. The van der Waals surface area contributed by atoms with Gasteiger partial charge in [0.2, 0.25) is 0 Å². The van der Waals surface area contributed by atoms with Gasteiger partial charge in [0.1, 0.15) is 0 Å². The van der Waals surface area contributed by atoms with Gasteiger partial charge in [-0.25, -0.2) is 0 Å². The molecule has 1 nitrogen and oxygen atoms in total. The smallest absolute Gasteiger partial charge is 0.0413 e.